The van der Waals surface area contributed by atoms with Gasteiger partial charge in [-0.15, -0.1) is 0 Å². The summed E-state index contributed by atoms with van der Waals surface area (Å²) in [6, 6.07) is 0. The molecule has 0 saturated heterocycles. The van der Waals surface area contributed by atoms with Crippen molar-refractivity contribution in [1.82, 2.24) is 0 Å². The van der Waals surface area contributed by atoms with Crippen LogP contribution in [0.4, 0.5) is 0 Å². The molecule has 0 aliphatic carbocycles. The summed E-state index contributed by atoms with van der Waals surface area (Å²) in [5.74, 6) is -3.45. The number of hydrogen-bond acceptors (Lipinski definition) is 21. The van der Waals surface area contributed by atoms with Crippen molar-refractivity contribution in [3.63, 3.8) is 0 Å². The number of carboxylic acid groups (broad SMARTS) is 6. The van der Waals surface area contributed by atoms with Crippen LogP contribution >= 0.6 is 0 Å². The molecule has 0 fully saturated rings. The van der Waals surface area contributed by atoms with Crippen LogP contribution in [0.2, 0.25) is 0 Å². The van der Waals surface area contributed by atoms with Crippen molar-refractivity contribution in [2.75, 3.05) is 59.5 Å². The molecular weight excluding hydrogens is 816 g/mol. The average molecular weight is 893 g/mol. The van der Waals surface area contributed by atoms with E-state index in [-0.39, 0.29) is 91.2 Å². The van der Waals surface area contributed by atoms with Gasteiger partial charge in [-0.3, -0.25) is 19.2 Å². The average Bonchev–Trinajstić information content (AvgIpc) is 3.16. The summed E-state index contributed by atoms with van der Waals surface area (Å²) >= 11 is 0. The third kappa shape index (κ3) is 200. The third-order valence-electron chi connectivity index (χ3n) is 3.47. The highest BCUT2D eigenvalue weighted by Crippen LogP contribution is 1.99. The van der Waals surface area contributed by atoms with Gasteiger partial charge in [0.25, 0.3) is 19.4 Å². The monoisotopic (exact) mass is 892 g/mol. The minimum atomic E-state index is -1.21. The molecule has 0 saturated carbocycles. The van der Waals surface area contributed by atoms with Gasteiger partial charge in [-0.2, -0.15) is 0 Å². The van der Waals surface area contributed by atoms with E-state index in [1.165, 1.54) is 6.92 Å². The van der Waals surface area contributed by atoms with Crippen LogP contribution in [0.25, 0.3) is 0 Å². The molecule has 0 rings (SSSR count). The van der Waals surface area contributed by atoms with Gasteiger partial charge < -0.3 is 107 Å². The van der Waals surface area contributed by atoms with Crippen molar-refractivity contribution >= 4 is 37.3 Å². The SMILES string of the molecule is CC(C)C(O)C(=O)O.CC(O)CC(=O)O.CCCC(O)C(=O)O.CCO.CCO.CCO.O=CO.O=CO.O=CO.OCC(O)CO.OCC(O)CO.OCC(O)CO. The summed E-state index contributed by atoms with van der Waals surface area (Å²) in [7, 11) is 0. The molecule has 3 unspecified atom stereocenters. The van der Waals surface area contributed by atoms with Crippen molar-refractivity contribution in [3.8, 4) is 0 Å². The maximum absolute atomic E-state index is 9.89. The Morgan fingerprint density at radius 1 is 0.475 bits per heavy atom. The van der Waals surface area contributed by atoms with Crippen LogP contribution in [-0.2, 0) is 28.8 Å². The van der Waals surface area contributed by atoms with Gasteiger partial charge in [0.05, 0.1) is 52.2 Å². The molecule has 3 atom stereocenters. The number of rotatable bonds is 13. The molecule has 0 heterocycles. The van der Waals surface area contributed by atoms with Crippen LogP contribution in [0.5, 0.6) is 0 Å². The Hall–Kier alpha value is -3.78. The standard InChI is InChI=1S/2C5H10O3.C4H8O3.3C3H8O3.3C2H6O.3CH2O2/c1-3(2)4(6)5(7)8;1-2-3-4(6)5(7)8;1-3(5)2-4(6)7;3*4-1-3(6)2-5;3*1-2-3;3*2-1-3/h3-4,6H,1-2H3,(H,7,8);4,6H,2-3H2,1H3,(H,7,8);3,5H,2H2,1H3,(H,6,7);3*3-6H,1-2H2;3*3H,2H2,1H3;3*1H,(H,2,3). The van der Waals surface area contributed by atoms with Crippen molar-refractivity contribution < 1.29 is 136 Å². The zero-order valence-corrected chi connectivity index (χ0v) is 34.6. The van der Waals surface area contributed by atoms with Gasteiger partial charge in [-0.25, -0.2) is 9.59 Å². The highest BCUT2D eigenvalue weighted by Gasteiger charge is 2.16. The third-order valence-corrected chi connectivity index (χ3v) is 3.47. The minimum Gasteiger partial charge on any atom is -0.483 e. The molecule has 27 nitrogen and oxygen atoms in total. The number of aliphatic hydroxyl groups excluding tert-OH is 15. The van der Waals surface area contributed by atoms with E-state index in [1.54, 1.807) is 34.6 Å². The van der Waals surface area contributed by atoms with Crippen LogP contribution in [0.3, 0.4) is 0 Å². The molecule has 21 N–H and O–H groups in total. The summed E-state index contributed by atoms with van der Waals surface area (Å²) in [5.41, 5.74) is 0. The molecule has 0 amide bonds. The number of carbonyl (C=O) groups is 6. The fraction of sp³-hybridized carbons (Fsp3) is 0.812. The lowest BCUT2D eigenvalue weighted by atomic mass is 10.1. The van der Waals surface area contributed by atoms with Gasteiger partial charge in [0, 0.05) is 19.8 Å². The van der Waals surface area contributed by atoms with Crippen LogP contribution in [-0.4, -0.2) is 241 Å². The lowest BCUT2D eigenvalue weighted by molar-refractivity contribution is -0.149. The van der Waals surface area contributed by atoms with Crippen molar-refractivity contribution in [2.45, 2.75) is 104 Å². The van der Waals surface area contributed by atoms with Gasteiger partial charge in [-0.05, 0) is 40.0 Å². The maximum Gasteiger partial charge on any atom is 0.332 e. The van der Waals surface area contributed by atoms with Crippen LogP contribution in [0.1, 0.15) is 67.7 Å². The Balaban J connectivity index is -0.0000000417. The first-order valence-electron chi connectivity index (χ1n) is 16.8. The van der Waals surface area contributed by atoms with Crippen LogP contribution < -0.4 is 0 Å². The molecule has 27 heteroatoms. The molecule has 0 aliphatic heterocycles. The van der Waals surface area contributed by atoms with E-state index in [0.29, 0.717) is 12.8 Å². The van der Waals surface area contributed by atoms with Gasteiger partial charge in [0.1, 0.15) is 18.3 Å². The summed E-state index contributed by atoms with van der Waals surface area (Å²) < 4.78 is 0. The first kappa shape index (κ1) is 86.9. The minimum absolute atomic E-state index is 0.167. The second kappa shape index (κ2) is 90.4. The van der Waals surface area contributed by atoms with Gasteiger partial charge in [-0.1, -0.05) is 27.2 Å². The van der Waals surface area contributed by atoms with Crippen molar-refractivity contribution in [3.05, 3.63) is 0 Å². The normalized spacial score (nSPS) is 9.86. The van der Waals surface area contributed by atoms with E-state index < -0.39 is 54.5 Å². The highest BCUT2D eigenvalue weighted by molar-refractivity contribution is 5.72. The summed E-state index contributed by atoms with van der Waals surface area (Å²) in [5, 5.41) is 165. The smallest absolute Gasteiger partial charge is 0.332 e. The second-order valence-corrected chi connectivity index (χ2v) is 9.44. The van der Waals surface area contributed by atoms with E-state index in [4.69, 9.17) is 122 Å². The van der Waals surface area contributed by atoms with E-state index in [9.17, 15) is 14.4 Å². The van der Waals surface area contributed by atoms with Gasteiger partial charge in [0.15, 0.2) is 12.2 Å². The number of aliphatic hydroxyl groups is 15. The Kier molecular flexibility index (Phi) is 133. The molecule has 0 bridgehead atoms. The number of hydrogen-bond donors (Lipinski definition) is 21. The van der Waals surface area contributed by atoms with Gasteiger partial charge in [0.2, 0.25) is 0 Å². The van der Waals surface area contributed by atoms with Gasteiger partial charge >= 0.3 is 17.9 Å². The molecule has 59 heavy (non-hydrogen) atoms. The predicted molar refractivity (Wildman–Crippen MR) is 206 cm³/mol. The fourth-order valence-corrected chi connectivity index (χ4v) is 1.11. The quantitative estimate of drug-likeness (QED) is 0.0766. The Bertz CT molecular complexity index is 691. The van der Waals surface area contributed by atoms with Crippen LogP contribution in [0, 0.1) is 5.92 Å². The van der Waals surface area contributed by atoms with E-state index in [2.05, 4.69) is 0 Å². The molecule has 0 radical (unpaired) electrons. The maximum atomic E-state index is 9.89. The first-order chi connectivity index (χ1) is 27.3. The number of carboxylic acids is 3. The first-order valence-corrected chi connectivity index (χ1v) is 16.8. The summed E-state index contributed by atoms with van der Waals surface area (Å²) in [6.45, 7) is 9.42. The Labute approximate surface area is 343 Å². The molecule has 0 spiro atoms. The highest BCUT2D eigenvalue weighted by atomic mass is 16.4. The topological polar surface area (TPSA) is 527 Å². The fourth-order valence-electron chi connectivity index (χ4n) is 1.11. The van der Waals surface area contributed by atoms with Crippen LogP contribution in [0.15, 0.2) is 0 Å². The molecule has 0 aromatic heterocycles. The lowest BCUT2D eigenvalue weighted by Crippen LogP contribution is -2.25. The largest absolute Gasteiger partial charge is 0.483 e. The predicted octanol–water partition coefficient (Wildman–Crippen LogP) is -5.74. The molecular formula is C32H76O27. The zero-order chi connectivity index (χ0) is 50.4. The zero-order valence-electron chi connectivity index (χ0n) is 34.6. The Morgan fingerprint density at radius 2 is 0.678 bits per heavy atom. The Morgan fingerprint density at radius 3 is 0.695 bits per heavy atom. The number of aliphatic carboxylic acids is 3. The summed E-state index contributed by atoms with van der Waals surface area (Å²) in [4.78, 5) is 54.5. The summed E-state index contributed by atoms with van der Waals surface area (Å²) in [6.07, 6.45) is -5.09. The van der Waals surface area contributed by atoms with Crippen molar-refractivity contribution in [1.29, 1.82) is 0 Å². The molecule has 0 aromatic carbocycles. The lowest BCUT2D eigenvalue weighted by Gasteiger charge is -2.06. The molecule has 366 valence electrons. The van der Waals surface area contributed by atoms with E-state index >= 15 is 0 Å². The molecule has 0 aliphatic rings. The van der Waals surface area contributed by atoms with E-state index in [1.807, 2.05) is 6.92 Å². The van der Waals surface area contributed by atoms with E-state index in [0.717, 1.165) is 0 Å². The second-order valence-electron chi connectivity index (χ2n) is 9.44. The van der Waals surface area contributed by atoms with Crippen molar-refractivity contribution in [2.24, 2.45) is 5.92 Å². The molecule has 0 aromatic rings.